The van der Waals surface area contributed by atoms with Crippen molar-refractivity contribution in [2.24, 2.45) is 0 Å². The Hall–Kier alpha value is -3.35. The molecule has 0 radical (unpaired) electrons. The first kappa shape index (κ1) is 16.5. The Morgan fingerprint density at radius 1 is 1.04 bits per heavy atom. The summed E-state index contributed by atoms with van der Waals surface area (Å²) in [5, 5.41) is 5.69. The molecule has 0 saturated heterocycles. The fourth-order valence-corrected chi connectivity index (χ4v) is 2.16. The smallest absolute Gasteiger partial charge is 0.270 e. The van der Waals surface area contributed by atoms with E-state index in [9.17, 15) is 9.18 Å². The lowest BCUT2D eigenvalue weighted by Gasteiger charge is -2.08. The molecule has 0 fully saturated rings. The van der Waals surface area contributed by atoms with E-state index < -0.39 is 0 Å². The van der Waals surface area contributed by atoms with Gasteiger partial charge in [0, 0.05) is 37.2 Å². The number of hydrogen-bond acceptors (Lipinski definition) is 5. The van der Waals surface area contributed by atoms with Gasteiger partial charge in [-0.15, -0.1) is 0 Å². The molecule has 1 aromatic carbocycles. The molecule has 0 aliphatic heterocycles. The number of nitrogens with zero attached hydrogens (tertiary/aromatic N) is 3. The third-order valence-corrected chi connectivity index (χ3v) is 3.46. The number of amides is 1. The number of pyridine rings is 1. The third-order valence-electron chi connectivity index (χ3n) is 3.46. The minimum absolute atomic E-state index is 0.230. The predicted molar refractivity (Wildman–Crippen MR) is 91.2 cm³/mol. The molecule has 1 amide bonds. The number of halogens is 1. The zero-order chi connectivity index (χ0) is 17.5. The number of anilines is 1. The summed E-state index contributed by atoms with van der Waals surface area (Å²) in [6.07, 6.45) is 4.83. The van der Waals surface area contributed by atoms with Crippen LogP contribution in [0.1, 0.15) is 21.6 Å². The summed E-state index contributed by atoms with van der Waals surface area (Å²) in [6, 6.07) is 11.6. The van der Waals surface area contributed by atoms with Crippen LogP contribution < -0.4 is 10.6 Å². The molecule has 2 N–H and O–H groups in total. The average molecular weight is 337 g/mol. The molecule has 0 spiro atoms. The zero-order valence-corrected chi connectivity index (χ0v) is 13.3. The van der Waals surface area contributed by atoms with E-state index in [4.69, 9.17) is 0 Å². The molecule has 3 rings (SSSR count). The number of carbonyl (C=O) groups is 1. The van der Waals surface area contributed by atoms with Gasteiger partial charge in [0.05, 0.1) is 0 Å². The van der Waals surface area contributed by atoms with Crippen molar-refractivity contribution in [1.82, 2.24) is 20.3 Å². The third kappa shape index (κ3) is 4.57. The van der Waals surface area contributed by atoms with Crippen LogP contribution in [-0.2, 0) is 13.1 Å². The van der Waals surface area contributed by atoms with E-state index in [1.165, 1.54) is 18.3 Å². The molecule has 2 aromatic heterocycles. The van der Waals surface area contributed by atoms with Crippen LogP contribution in [0.25, 0.3) is 0 Å². The molecule has 0 unspecified atom stereocenters. The summed E-state index contributed by atoms with van der Waals surface area (Å²) >= 11 is 0. The van der Waals surface area contributed by atoms with Crippen LogP contribution in [0.4, 0.5) is 10.3 Å². The molecule has 0 bridgehead atoms. The molecule has 3 aromatic rings. The number of hydrogen-bond donors (Lipinski definition) is 2. The van der Waals surface area contributed by atoms with Gasteiger partial charge in [-0.2, -0.15) is 0 Å². The minimum Gasteiger partial charge on any atom is -0.350 e. The van der Waals surface area contributed by atoms with Gasteiger partial charge in [-0.25, -0.2) is 14.4 Å². The molecule has 0 saturated carbocycles. The maximum Gasteiger partial charge on any atom is 0.270 e. The average Bonchev–Trinajstić information content (AvgIpc) is 2.66. The molecule has 2 heterocycles. The van der Waals surface area contributed by atoms with E-state index >= 15 is 0 Å². The first-order valence-corrected chi connectivity index (χ1v) is 7.70. The summed E-state index contributed by atoms with van der Waals surface area (Å²) in [4.78, 5) is 24.4. The fraction of sp³-hybridized carbons (Fsp3) is 0.111. The molecule has 126 valence electrons. The van der Waals surface area contributed by atoms with Crippen molar-refractivity contribution >= 4 is 11.9 Å². The number of aromatic nitrogens is 3. The van der Waals surface area contributed by atoms with Crippen molar-refractivity contribution in [3.05, 3.63) is 83.7 Å². The molecule has 25 heavy (non-hydrogen) atoms. The highest BCUT2D eigenvalue weighted by atomic mass is 19.1. The van der Waals surface area contributed by atoms with Gasteiger partial charge >= 0.3 is 0 Å². The largest absolute Gasteiger partial charge is 0.350 e. The quantitative estimate of drug-likeness (QED) is 0.723. The molecule has 7 heteroatoms. The number of benzene rings is 1. The van der Waals surface area contributed by atoms with Gasteiger partial charge in [0.1, 0.15) is 11.5 Å². The van der Waals surface area contributed by atoms with Gasteiger partial charge < -0.3 is 10.6 Å². The standard InChI is InChI=1S/C18H16FN5O/c19-15-6-2-1-5-14(15)12-23-18-21-9-7-16(24-18)17(25)22-11-13-4-3-8-20-10-13/h1-10H,11-12H2,(H,22,25)(H,21,23,24). The maximum atomic E-state index is 13.6. The van der Waals surface area contributed by atoms with Crippen LogP contribution in [0.2, 0.25) is 0 Å². The van der Waals surface area contributed by atoms with Crippen molar-refractivity contribution < 1.29 is 9.18 Å². The summed E-state index contributed by atoms with van der Waals surface area (Å²) < 4.78 is 13.6. The Bertz CT molecular complexity index is 857. The molecular weight excluding hydrogens is 321 g/mol. The highest BCUT2D eigenvalue weighted by Gasteiger charge is 2.09. The van der Waals surface area contributed by atoms with E-state index in [0.29, 0.717) is 12.1 Å². The monoisotopic (exact) mass is 337 g/mol. The Morgan fingerprint density at radius 2 is 1.92 bits per heavy atom. The van der Waals surface area contributed by atoms with E-state index in [1.807, 2.05) is 6.07 Å². The summed E-state index contributed by atoms with van der Waals surface area (Å²) in [5.41, 5.74) is 1.62. The van der Waals surface area contributed by atoms with Gasteiger partial charge in [0.2, 0.25) is 5.95 Å². The summed E-state index contributed by atoms with van der Waals surface area (Å²) in [6.45, 7) is 0.585. The van der Waals surface area contributed by atoms with Crippen LogP contribution in [0.5, 0.6) is 0 Å². The number of rotatable bonds is 6. The van der Waals surface area contributed by atoms with Gasteiger partial charge in [-0.1, -0.05) is 24.3 Å². The molecule has 6 nitrogen and oxygen atoms in total. The highest BCUT2D eigenvalue weighted by molar-refractivity contribution is 5.92. The van der Waals surface area contributed by atoms with Crippen LogP contribution in [0, 0.1) is 5.82 Å². The highest BCUT2D eigenvalue weighted by Crippen LogP contribution is 2.09. The van der Waals surface area contributed by atoms with E-state index in [1.54, 1.807) is 36.7 Å². The topological polar surface area (TPSA) is 79.8 Å². The summed E-state index contributed by atoms with van der Waals surface area (Å²) in [7, 11) is 0. The molecule has 0 atom stereocenters. The first-order valence-electron chi connectivity index (χ1n) is 7.70. The zero-order valence-electron chi connectivity index (χ0n) is 13.3. The van der Waals surface area contributed by atoms with Gasteiger partial charge in [-0.05, 0) is 23.8 Å². The molecule has 0 aliphatic rings. The SMILES string of the molecule is O=C(NCc1cccnc1)c1ccnc(NCc2ccccc2F)n1. The Labute approximate surface area is 144 Å². The molecule has 0 aliphatic carbocycles. The Balaban J connectivity index is 1.61. The summed E-state index contributed by atoms with van der Waals surface area (Å²) in [5.74, 6) is -0.363. The van der Waals surface area contributed by atoms with Crippen LogP contribution in [0.3, 0.4) is 0 Å². The van der Waals surface area contributed by atoms with Crippen molar-refractivity contribution in [2.75, 3.05) is 5.32 Å². The van der Waals surface area contributed by atoms with Crippen LogP contribution >= 0.6 is 0 Å². The van der Waals surface area contributed by atoms with Crippen LogP contribution in [-0.4, -0.2) is 20.9 Å². The van der Waals surface area contributed by atoms with E-state index in [2.05, 4.69) is 25.6 Å². The maximum absolute atomic E-state index is 13.6. The van der Waals surface area contributed by atoms with Crippen molar-refractivity contribution in [2.45, 2.75) is 13.1 Å². The van der Waals surface area contributed by atoms with Gasteiger partial charge in [0.25, 0.3) is 5.91 Å². The minimum atomic E-state index is -0.319. The Kier molecular flexibility index (Phi) is 5.26. The normalized spacial score (nSPS) is 10.3. The van der Waals surface area contributed by atoms with Crippen LogP contribution in [0.15, 0.2) is 61.1 Å². The second-order valence-corrected chi connectivity index (χ2v) is 5.25. The van der Waals surface area contributed by atoms with Crippen molar-refractivity contribution in [1.29, 1.82) is 0 Å². The number of carbonyl (C=O) groups excluding carboxylic acids is 1. The van der Waals surface area contributed by atoms with E-state index in [0.717, 1.165) is 5.56 Å². The van der Waals surface area contributed by atoms with Gasteiger partial charge in [0.15, 0.2) is 0 Å². The lowest BCUT2D eigenvalue weighted by molar-refractivity contribution is 0.0946. The van der Waals surface area contributed by atoms with Gasteiger partial charge in [-0.3, -0.25) is 9.78 Å². The second kappa shape index (κ2) is 7.96. The Morgan fingerprint density at radius 3 is 2.72 bits per heavy atom. The predicted octanol–water partition coefficient (Wildman–Crippen LogP) is 2.55. The molecular formula is C18H16FN5O. The van der Waals surface area contributed by atoms with E-state index in [-0.39, 0.29) is 29.9 Å². The fourth-order valence-electron chi connectivity index (χ4n) is 2.16. The second-order valence-electron chi connectivity index (χ2n) is 5.25. The number of nitrogens with one attached hydrogen (secondary N) is 2. The van der Waals surface area contributed by atoms with Crippen molar-refractivity contribution in [3.8, 4) is 0 Å². The lowest BCUT2D eigenvalue weighted by atomic mass is 10.2. The van der Waals surface area contributed by atoms with Crippen molar-refractivity contribution in [3.63, 3.8) is 0 Å². The first-order chi connectivity index (χ1) is 12.2. The lowest BCUT2D eigenvalue weighted by Crippen LogP contribution is -2.24.